The molecule has 0 spiro atoms. The van der Waals surface area contributed by atoms with Gasteiger partial charge in [-0.15, -0.1) is 0 Å². The second-order valence-electron chi connectivity index (χ2n) is 6.60. The highest BCUT2D eigenvalue weighted by Gasteiger charge is 2.35. The number of piperidine rings is 1. The van der Waals surface area contributed by atoms with E-state index >= 15 is 0 Å². The Balaban J connectivity index is 2.00. The van der Waals surface area contributed by atoms with E-state index in [4.69, 9.17) is 0 Å². The lowest BCUT2D eigenvalue weighted by Gasteiger charge is -2.36. The van der Waals surface area contributed by atoms with Crippen molar-refractivity contribution in [2.24, 2.45) is 0 Å². The van der Waals surface area contributed by atoms with Crippen LogP contribution in [0.1, 0.15) is 57.4 Å². The van der Waals surface area contributed by atoms with Crippen LogP contribution in [0, 0.1) is 0 Å². The summed E-state index contributed by atoms with van der Waals surface area (Å²) in [5.74, 6) is -0.710. The molecular formula is C17H25N5O3. The molecule has 3 rings (SSSR count). The fourth-order valence-electron chi connectivity index (χ4n) is 3.72. The van der Waals surface area contributed by atoms with E-state index in [0.29, 0.717) is 18.5 Å². The van der Waals surface area contributed by atoms with Crippen molar-refractivity contribution in [3.8, 4) is 0 Å². The van der Waals surface area contributed by atoms with E-state index in [9.17, 15) is 14.4 Å². The Morgan fingerprint density at radius 2 is 2.12 bits per heavy atom. The van der Waals surface area contributed by atoms with Crippen LogP contribution in [-0.2, 0) is 9.59 Å². The molecule has 1 aromatic heterocycles. The van der Waals surface area contributed by atoms with Crippen molar-refractivity contribution < 1.29 is 9.59 Å². The van der Waals surface area contributed by atoms with Gasteiger partial charge >= 0.3 is 0 Å². The van der Waals surface area contributed by atoms with Gasteiger partial charge in [-0.1, -0.05) is 6.92 Å². The average molecular weight is 347 g/mol. The number of rotatable bonds is 4. The van der Waals surface area contributed by atoms with Crippen LogP contribution in [-0.4, -0.2) is 40.9 Å². The number of carbonyl (C=O) groups is 2. The second-order valence-corrected chi connectivity index (χ2v) is 6.60. The minimum atomic E-state index is -0.794. The van der Waals surface area contributed by atoms with Gasteiger partial charge in [0.05, 0.1) is 11.5 Å². The molecule has 0 radical (unpaired) electrons. The molecule has 0 bridgehead atoms. The molecule has 136 valence electrons. The Morgan fingerprint density at radius 1 is 1.32 bits per heavy atom. The first kappa shape index (κ1) is 17.4. The van der Waals surface area contributed by atoms with E-state index in [-0.39, 0.29) is 35.2 Å². The minimum absolute atomic E-state index is 0.0375. The number of fused-ring (bicyclic) bond motifs is 1. The normalized spacial score (nSPS) is 23.0. The van der Waals surface area contributed by atoms with E-state index in [1.807, 2.05) is 0 Å². The monoisotopic (exact) mass is 347 g/mol. The molecule has 0 unspecified atom stereocenters. The van der Waals surface area contributed by atoms with Gasteiger partial charge in [-0.2, -0.15) is 4.98 Å². The molecule has 8 heteroatoms. The van der Waals surface area contributed by atoms with Crippen LogP contribution in [0.25, 0.3) is 0 Å². The topological polar surface area (TPSA) is 107 Å². The SMILES string of the molecule is CCNC(=O)[C@@H]1CC(=O)Nc2nc(N3CCCC[C@H]3CC)[nH]c(=O)c21. The van der Waals surface area contributed by atoms with Gasteiger partial charge in [-0.25, -0.2) is 0 Å². The number of amides is 2. The van der Waals surface area contributed by atoms with Gasteiger partial charge in [0.1, 0.15) is 5.82 Å². The van der Waals surface area contributed by atoms with Gasteiger partial charge in [0.25, 0.3) is 5.56 Å². The quantitative estimate of drug-likeness (QED) is 0.756. The summed E-state index contributed by atoms with van der Waals surface area (Å²) in [6, 6.07) is 0.327. The first-order chi connectivity index (χ1) is 12.0. The predicted molar refractivity (Wildman–Crippen MR) is 94.8 cm³/mol. The van der Waals surface area contributed by atoms with E-state index in [1.54, 1.807) is 6.92 Å². The lowest BCUT2D eigenvalue weighted by Crippen LogP contribution is -2.43. The molecule has 2 aliphatic heterocycles. The van der Waals surface area contributed by atoms with Crippen LogP contribution in [0.4, 0.5) is 11.8 Å². The molecule has 1 saturated heterocycles. The van der Waals surface area contributed by atoms with Crippen molar-refractivity contribution in [3.05, 3.63) is 15.9 Å². The summed E-state index contributed by atoms with van der Waals surface area (Å²) in [7, 11) is 0. The standard InChI is InChI=1S/C17H25N5O3/c1-3-10-7-5-6-8-22(10)17-20-14-13(16(25)21-17)11(9-12(23)19-14)15(24)18-4-2/h10-11H,3-9H2,1-2H3,(H,18,24)(H2,19,20,21,23,25)/t10-,11-/m1/s1. The van der Waals surface area contributed by atoms with Crippen LogP contribution in [0.5, 0.6) is 0 Å². The average Bonchev–Trinajstić information content (AvgIpc) is 2.60. The van der Waals surface area contributed by atoms with Gasteiger partial charge in [0, 0.05) is 25.6 Å². The predicted octanol–water partition coefficient (Wildman–Crippen LogP) is 1.10. The minimum Gasteiger partial charge on any atom is -0.356 e. The highest BCUT2D eigenvalue weighted by molar-refractivity contribution is 6.00. The molecule has 2 atom stereocenters. The number of nitrogens with zero attached hydrogens (tertiary/aromatic N) is 2. The summed E-state index contributed by atoms with van der Waals surface area (Å²) >= 11 is 0. The van der Waals surface area contributed by atoms with Gasteiger partial charge in [-0.05, 0) is 32.6 Å². The molecule has 3 heterocycles. The number of H-pyrrole nitrogens is 1. The first-order valence-corrected chi connectivity index (χ1v) is 9.03. The van der Waals surface area contributed by atoms with Gasteiger partial charge in [0.2, 0.25) is 17.8 Å². The molecule has 2 amide bonds. The third-order valence-corrected chi connectivity index (χ3v) is 4.98. The Hall–Kier alpha value is -2.38. The van der Waals surface area contributed by atoms with Crippen LogP contribution < -0.4 is 21.1 Å². The number of aromatic amines is 1. The maximum absolute atomic E-state index is 12.7. The second kappa shape index (κ2) is 7.25. The van der Waals surface area contributed by atoms with E-state index in [1.165, 1.54) is 6.42 Å². The Kier molecular flexibility index (Phi) is 5.06. The molecule has 8 nitrogen and oxygen atoms in total. The van der Waals surface area contributed by atoms with Crippen molar-refractivity contribution in [1.29, 1.82) is 0 Å². The molecule has 25 heavy (non-hydrogen) atoms. The Bertz CT molecular complexity index is 729. The molecule has 2 aliphatic rings. The highest BCUT2D eigenvalue weighted by Crippen LogP contribution is 2.30. The van der Waals surface area contributed by atoms with Crippen molar-refractivity contribution in [2.75, 3.05) is 23.3 Å². The maximum Gasteiger partial charge on any atom is 0.258 e. The lowest BCUT2D eigenvalue weighted by molar-refractivity contribution is -0.126. The number of aromatic nitrogens is 2. The maximum atomic E-state index is 12.7. The summed E-state index contributed by atoms with van der Waals surface area (Å²) < 4.78 is 0. The molecule has 0 saturated carbocycles. The van der Waals surface area contributed by atoms with Crippen LogP contribution >= 0.6 is 0 Å². The van der Waals surface area contributed by atoms with Crippen LogP contribution in [0.3, 0.4) is 0 Å². The first-order valence-electron chi connectivity index (χ1n) is 9.03. The van der Waals surface area contributed by atoms with E-state index < -0.39 is 5.92 Å². The largest absolute Gasteiger partial charge is 0.356 e. The summed E-state index contributed by atoms with van der Waals surface area (Å²) in [5, 5.41) is 5.35. The van der Waals surface area contributed by atoms with E-state index in [0.717, 1.165) is 25.8 Å². The number of nitrogens with one attached hydrogen (secondary N) is 3. The third-order valence-electron chi connectivity index (χ3n) is 4.98. The third kappa shape index (κ3) is 3.38. The molecule has 0 aromatic carbocycles. The number of hydrogen-bond donors (Lipinski definition) is 3. The molecule has 1 aromatic rings. The number of anilines is 2. The van der Waals surface area contributed by atoms with Crippen molar-refractivity contribution >= 4 is 23.6 Å². The summed E-state index contributed by atoms with van der Waals surface area (Å²) in [6.45, 7) is 5.19. The zero-order valence-electron chi connectivity index (χ0n) is 14.7. The molecule has 0 aliphatic carbocycles. The van der Waals surface area contributed by atoms with Gasteiger partial charge in [-0.3, -0.25) is 19.4 Å². The lowest BCUT2D eigenvalue weighted by atomic mass is 9.92. The highest BCUT2D eigenvalue weighted by atomic mass is 16.2. The van der Waals surface area contributed by atoms with Crippen LogP contribution in [0.2, 0.25) is 0 Å². The summed E-state index contributed by atoms with van der Waals surface area (Å²) in [6.07, 6.45) is 4.20. The number of carbonyl (C=O) groups excluding carboxylic acids is 2. The van der Waals surface area contributed by atoms with Gasteiger partial charge in [0.15, 0.2) is 0 Å². The van der Waals surface area contributed by atoms with Crippen molar-refractivity contribution in [2.45, 2.75) is 57.9 Å². The number of hydrogen-bond acceptors (Lipinski definition) is 5. The zero-order valence-corrected chi connectivity index (χ0v) is 14.7. The number of likely N-dealkylation sites (N-methyl/N-ethyl adjacent to an activating group) is 1. The van der Waals surface area contributed by atoms with E-state index in [2.05, 4.69) is 32.4 Å². The smallest absolute Gasteiger partial charge is 0.258 e. The van der Waals surface area contributed by atoms with Crippen molar-refractivity contribution in [3.63, 3.8) is 0 Å². The molecule has 3 N–H and O–H groups in total. The molecule has 1 fully saturated rings. The van der Waals surface area contributed by atoms with Crippen LogP contribution in [0.15, 0.2) is 4.79 Å². The van der Waals surface area contributed by atoms with Crippen molar-refractivity contribution in [1.82, 2.24) is 15.3 Å². The fraction of sp³-hybridized carbons (Fsp3) is 0.647. The molecular weight excluding hydrogens is 322 g/mol. The summed E-state index contributed by atoms with van der Waals surface area (Å²) in [5.41, 5.74) is -0.101. The Morgan fingerprint density at radius 3 is 2.84 bits per heavy atom. The Labute approximate surface area is 146 Å². The summed E-state index contributed by atoms with van der Waals surface area (Å²) in [4.78, 5) is 46.4. The fourth-order valence-corrected chi connectivity index (χ4v) is 3.72. The zero-order chi connectivity index (χ0) is 18.0. The van der Waals surface area contributed by atoms with Gasteiger partial charge < -0.3 is 15.5 Å².